The molecular formula is C25H24O3. The van der Waals surface area contributed by atoms with Gasteiger partial charge < -0.3 is 13.9 Å². The van der Waals surface area contributed by atoms with Crippen molar-refractivity contribution in [3.63, 3.8) is 0 Å². The van der Waals surface area contributed by atoms with Gasteiger partial charge in [0.05, 0.1) is 14.2 Å². The van der Waals surface area contributed by atoms with Gasteiger partial charge in [0.15, 0.2) is 0 Å². The number of hydrogen-bond acceptors (Lipinski definition) is 3. The normalized spacial score (nSPS) is 11.0. The van der Waals surface area contributed by atoms with E-state index in [0.29, 0.717) is 0 Å². The van der Waals surface area contributed by atoms with E-state index in [-0.39, 0.29) is 0 Å². The lowest BCUT2D eigenvalue weighted by atomic mass is 9.94. The second-order valence-corrected chi connectivity index (χ2v) is 7.23. The van der Waals surface area contributed by atoms with E-state index in [4.69, 9.17) is 13.9 Å². The molecule has 3 nitrogen and oxygen atoms in total. The molecule has 3 heteroatoms. The predicted molar refractivity (Wildman–Crippen MR) is 114 cm³/mol. The Hall–Kier alpha value is -3.20. The summed E-state index contributed by atoms with van der Waals surface area (Å²) in [6.45, 7) is 6.31. The van der Waals surface area contributed by atoms with Crippen molar-refractivity contribution in [1.29, 1.82) is 0 Å². The quantitative estimate of drug-likeness (QED) is 0.399. The van der Waals surface area contributed by atoms with Gasteiger partial charge in [-0.2, -0.15) is 0 Å². The Morgan fingerprint density at radius 2 is 1.36 bits per heavy atom. The minimum atomic E-state index is 0.825. The highest BCUT2D eigenvalue weighted by molar-refractivity contribution is 6.04. The maximum atomic E-state index is 6.41. The van der Waals surface area contributed by atoms with Crippen molar-refractivity contribution in [3.8, 4) is 33.9 Å². The molecule has 0 bridgehead atoms. The van der Waals surface area contributed by atoms with Crippen LogP contribution in [-0.2, 0) is 0 Å². The van der Waals surface area contributed by atoms with Crippen molar-refractivity contribution < 1.29 is 13.9 Å². The highest BCUT2D eigenvalue weighted by Crippen LogP contribution is 2.44. The van der Waals surface area contributed by atoms with Gasteiger partial charge in [-0.15, -0.1) is 0 Å². The first-order chi connectivity index (χ1) is 13.5. The van der Waals surface area contributed by atoms with Crippen molar-refractivity contribution >= 4 is 11.0 Å². The van der Waals surface area contributed by atoms with Gasteiger partial charge in [-0.1, -0.05) is 12.1 Å². The Bertz CT molecular complexity index is 1150. The van der Waals surface area contributed by atoms with E-state index >= 15 is 0 Å². The molecule has 3 aromatic carbocycles. The van der Waals surface area contributed by atoms with Crippen LogP contribution in [0.2, 0.25) is 0 Å². The van der Waals surface area contributed by atoms with Gasteiger partial charge in [-0.25, -0.2) is 0 Å². The smallest absolute Gasteiger partial charge is 0.143 e. The Morgan fingerprint density at radius 3 is 2.04 bits per heavy atom. The molecule has 28 heavy (non-hydrogen) atoms. The Kier molecular flexibility index (Phi) is 4.60. The van der Waals surface area contributed by atoms with Gasteiger partial charge in [0.2, 0.25) is 0 Å². The SMILES string of the molecule is COc1ccc(-c2oc3cc(C)cc(C)c3c2-c2cc(C)cc(OC)c2)cc1. The van der Waals surface area contributed by atoms with Gasteiger partial charge in [-0.05, 0) is 85.5 Å². The lowest BCUT2D eigenvalue weighted by Gasteiger charge is -2.10. The van der Waals surface area contributed by atoms with E-state index in [1.54, 1.807) is 14.2 Å². The topological polar surface area (TPSA) is 31.6 Å². The van der Waals surface area contributed by atoms with Crippen LogP contribution in [0.3, 0.4) is 0 Å². The molecular weight excluding hydrogens is 348 g/mol. The molecule has 0 N–H and O–H groups in total. The number of ether oxygens (including phenoxy) is 2. The summed E-state index contributed by atoms with van der Waals surface area (Å²) in [6.07, 6.45) is 0. The van der Waals surface area contributed by atoms with Crippen molar-refractivity contribution in [3.05, 3.63) is 71.3 Å². The second kappa shape index (κ2) is 7.08. The summed E-state index contributed by atoms with van der Waals surface area (Å²) in [4.78, 5) is 0. The highest BCUT2D eigenvalue weighted by atomic mass is 16.5. The van der Waals surface area contributed by atoms with Crippen LogP contribution in [0.4, 0.5) is 0 Å². The number of methoxy groups -OCH3 is 2. The van der Waals surface area contributed by atoms with E-state index in [1.165, 1.54) is 11.1 Å². The number of rotatable bonds is 4. The summed E-state index contributed by atoms with van der Waals surface area (Å²) < 4.78 is 17.2. The van der Waals surface area contributed by atoms with Crippen LogP contribution in [0, 0.1) is 20.8 Å². The summed E-state index contributed by atoms with van der Waals surface area (Å²) in [5.74, 6) is 2.53. The predicted octanol–water partition coefficient (Wildman–Crippen LogP) is 6.71. The number of aryl methyl sites for hydroxylation is 3. The van der Waals surface area contributed by atoms with E-state index in [0.717, 1.165) is 50.5 Å². The third-order valence-electron chi connectivity index (χ3n) is 5.06. The first kappa shape index (κ1) is 18.2. The first-order valence-electron chi connectivity index (χ1n) is 9.34. The molecule has 0 unspecified atom stereocenters. The molecule has 0 atom stereocenters. The van der Waals surface area contributed by atoms with Crippen molar-refractivity contribution in [2.75, 3.05) is 14.2 Å². The monoisotopic (exact) mass is 372 g/mol. The fourth-order valence-corrected chi connectivity index (χ4v) is 3.84. The zero-order valence-electron chi connectivity index (χ0n) is 16.9. The summed E-state index contributed by atoms with van der Waals surface area (Å²) in [5, 5.41) is 1.14. The summed E-state index contributed by atoms with van der Waals surface area (Å²) >= 11 is 0. The van der Waals surface area contributed by atoms with E-state index in [9.17, 15) is 0 Å². The second-order valence-electron chi connectivity index (χ2n) is 7.23. The van der Waals surface area contributed by atoms with E-state index in [1.807, 2.05) is 30.3 Å². The van der Waals surface area contributed by atoms with E-state index in [2.05, 4.69) is 45.0 Å². The van der Waals surface area contributed by atoms with Crippen molar-refractivity contribution in [1.82, 2.24) is 0 Å². The van der Waals surface area contributed by atoms with Crippen molar-refractivity contribution in [2.45, 2.75) is 20.8 Å². The molecule has 4 rings (SSSR count). The molecule has 142 valence electrons. The Labute approximate surface area is 165 Å². The van der Waals surface area contributed by atoms with Gasteiger partial charge in [0.1, 0.15) is 22.8 Å². The van der Waals surface area contributed by atoms with Gasteiger partial charge in [0.25, 0.3) is 0 Å². The fraction of sp³-hybridized carbons (Fsp3) is 0.200. The molecule has 0 aliphatic carbocycles. The van der Waals surface area contributed by atoms with Crippen LogP contribution in [0.25, 0.3) is 33.4 Å². The molecule has 1 aromatic heterocycles. The zero-order chi connectivity index (χ0) is 19.8. The molecule has 0 radical (unpaired) electrons. The Morgan fingerprint density at radius 1 is 0.679 bits per heavy atom. The number of fused-ring (bicyclic) bond motifs is 1. The third-order valence-corrected chi connectivity index (χ3v) is 5.06. The number of hydrogen-bond donors (Lipinski definition) is 0. The maximum Gasteiger partial charge on any atom is 0.143 e. The van der Waals surface area contributed by atoms with Crippen LogP contribution in [0.5, 0.6) is 11.5 Å². The van der Waals surface area contributed by atoms with Crippen LogP contribution in [-0.4, -0.2) is 14.2 Å². The zero-order valence-corrected chi connectivity index (χ0v) is 16.9. The largest absolute Gasteiger partial charge is 0.497 e. The first-order valence-corrected chi connectivity index (χ1v) is 9.34. The molecule has 0 saturated carbocycles. The lowest BCUT2D eigenvalue weighted by Crippen LogP contribution is -1.89. The average Bonchev–Trinajstić information content (AvgIpc) is 3.07. The molecule has 0 spiro atoms. The van der Waals surface area contributed by atoms with Gasteiger partial charge in [-0.3, -0.25) is 0 Å². The summed E-state index contributed by atoms with van der Waals surface area (Å²) in [5.41, 5.74) is 7.65. The Balaban J connectivity index is 2.05. The minimum absolute atomic E-state index is 0.825. The number of benzene rings is 3. The summed E-state index contributed by atoms with van der Waals surface area (Å²) in [6, 6.07) is 18.6. The van der Waals surface area contributed by atoms with E-state index < -0.39 is 0 Å². The lowest BCUT2D eigenvalue weighted by molar-refractivity contribution is 0.414. The van der Waals surface area contributed by atoms with Crippen molar-refractivity contribution in [2.24, 2.45) is 0 Å². The molecule has 1 heterocycles. The van der Waals surface area contributed by atoms with Gasteiger partial charge >= 0.3 is 0 Å². The van der Waals surface area contributed by atoms with Crippen LogP contribution in [0.15, 0.2) is 59.0 Å². The third kappa shape index (κ3) is 3.13. The standard InChI is InChI=1S/C25H24O3/c1-15-10-17(3)23-22(13-15)28-25(18-6-8-20(26-4)9-7-18)24(23)19-11-16(2)12-21(14-19)27-5/h6-14H,1-5H3. The van der Waals surface area contributed by atoms with Gasteiger partial charge in [0, 0.05) is 16.5 Å². The molecule has 0 aliphatic heterocycles. The summed E-state index contributed by atoms with van der Waals surface area (Å²) in [7, 11) is 3.37. The number of furan rings is 1. The molecule has 0 aliphatic rings. The van der Waals surface area contributed by atoms with Crippen LogP contribution in [0.1, 0.15) is 16.7 Å². The molecule has 0 fully saturated rings. The molecule has 0 saturated heterocycles. The molecule has 0 amide bonds. The maximum absolute atomic E-state index is 6.41. The molecule has 4 aromatic rings. The average molecular weight is 372 g/mol. The minimum Gasteiger partial charge on any atom is -0.497 e. The fourth-order valence-electron chi connectivity index (χ4n) is 3.84. The highest BCUT2D eigenvalue weighted by Gasteiger charge is 2.20. The van der Waals surface area contributed by atoms with Crippen LogP contribution < -0.4 is 9.47 Å². The van der Waals surface area contributed by atoms with Crippen LogP contribution >= 0.6 is 0 Å².